The van der Waals surface area contributed by atoms with Crippen molar-refractivity contribution in [2.75, 3.05) is 134 Å². The summed E-state index contributed by atoms with van der Waals surface area (Å²) in [6.45, 7) is 7.92. The van der Waals surface area contributed by atoms with E-state index in [0.29, 0.717) is 43.8 Å². The number of carbonyl (C=O) groups excluding carboxylic acids is 6. The lowest BCUT2D eigenvalue weighted by Crippen LogP contribution is -2.62. The highest BCUT2D eigenvalue weighted by atomic mass is 33.1. The summed E-state index contributed by atoms with van der Waals surface area (Å²) >= 11 is 0. The molecule has 0 radical (unpaired) electrons. The Bertz CT molecular complexity index is 2370. The van der Waals surface area contributed by atoms with Crippen molar-refractivity contribution in [1.82, 2.24) is 41.3 Å². The molecule has 0 aromatic heterocycles. The number of ether oxygens (including phenoxy) is 1. The quantitative estimate of drug-likeness (QED) is 0.0153. The zero-order valence-electron chi connectivity index (χ0n) is 63.5. The van der Waals surface area contributed by atoms with Crippen molar-refractivity contribution in [2.45, 2.75) is 261 Å². The third kappa shape index (κ3) is 55.9. The molecule has 8 saturated heterocycles. The fraction of sp³-hybridized carbons (Fsp3) is 0.913. The average Bonchev–Trinajstić information content (AvgIpc) is 1.58. The molecule has 6 amide bonds. The second-order valence-corrected chi connectivity index (χ2v) is 46.4. The largest absolute Gasteiger partial charge is 0.394 e. The van der Waals surface area contributed by atoms with Crippen molar-refractivity contribution >= 4 is 173 Å². The number of hydrogen-bond donors (Lipinski definition) is 14. The van der Waals surface area contributed by atoms with E-state index < -0.39 is 44.5 Å². The van der Waals surface area contributed by atoms with Crippen LogP contribution in [0.2, 0.25) is 0 Å². The Hall–Kier alpha value is 0.770. The van der Waals surface area contributed by atoms with Gasteiger partial charge in [0, 0.05) is 170 Å². The lowest BCUT2D eigenvalue weighted by Gasteiger charge is -2.38. The van der Waals surface area contributed by atoms with Gasteiger partial charge in [0.25, 0.3) is 0 Å². The van der Waals surface area contributed by atoms with Gasteiger partial charge in [0.2, 0.25) is 35.4 Å². The third-order valence-electron chi connectivity index (χ3n) is 18.1. The molecule has 0 spiro atoms. The number of piperazine rings is 1. The molecular formula is C69H132N9O16PS12. The Morgan fingerprint density at radius 2 is 0.832 bits per heavy atom. The number of rotatable bonds is 43. The minimum atomic E-state index is -3.99. The first-order chi connectivity index (χ1) is 51.4. The predicted molar refractivity (Wildman–Crippen MR) is 462 cm³/mol. The number of hydrogen-bond acceptors (Lipinski definition) is 29. The first-order valence-corrected chi connectivity index (χ1v) is 54.6. The first kappa shape index (κ1) is 102. The van der Waals surface area contributed by atoms with Crippen LogP contribution in [-0.4, -0.2) is 293 Å². The topological polar surface area (TPSA) is 386 Å². The fourth-order valence-electron chi connectivity index (χ4n) is 11.4. The number of amides is 6. The van der Waals surface area contributed by atoms with Gasteiger partial charge in [-0.25, -0.2) is 0 Å². The van der Waals surface area contributed by atoms with Gasteiger partial charge in [-0.1, -0.05) is 168 Å². The average molecular weight is 1760 g/mol. The second-order valence-electron chi connectivity index (χ2n) is 27.9. The van der Waals surface area contributed by atoms with Gasteiger partial charge < -0.3 is 87.3 Å². The minimum absolute atomic E-state index is 0.0362. The van der Waals surface area contributed by atoms with E-state index in [-0.39, 0.29) is 61.3 Å². The number of nitrogens with zero attached hydrogens (tertiary/aromatic N) is 3. The van der Waals surface area contributed by atoms with Gasteiger partial charge in [-0.3, -0.25) is 38.2 Å². The third-order valence-corrected chi connectivity index (χ3v) is 36.9. The summed E-state index contributed by atoms with van der Waals surface area (Å²) in [4.78, 5) is 92.3. The summed E-state index contributed by atoms with van der Waals surface area (Å²) in [7, 11) is 25.9. The molecule has 0 bridgehead atoms. The molecule has 0 aliphatic carbocycles. The molecule has 8 fully saturated rings. The Morgan fingerprint density at radius 3 is 1.17 bits per heavy atom. The Morgan fingerprint density at radius 1 is 0.486 bits per heavy atom. The Labute approximate surface area is 687 Å². The maximum atomic E-state index is 11.8. The van der Waals surface area contributed by atoms with Gasteiger partial charge in [0.15, 0.2) is 12.5 Å². The molecule has 0 aromatic rings. The van der Waals surface area contributed by atoms with Crippen molar-refractivity contribution in [2.24, 2.45) is 5.73 Å². The SMILES string of the molecule is CN(C)CCNC(=O)CCCC[C@@H]1CCSS1.CN1CCN(CCNC(=O)CCCC[C@@H]2CCSS2)CC1.NC(=O)CCCC[C@@H]1CCSS1.O=C(CCCC[C@@H]1CCSS1)NCC(O)CO.O=C(CCCC[C@@H]1CCSS1)NCCP(=O)(O)O.O=C(CCCC[C@@H]1CCSS1)N[C@@H]1O[C@H](O)[C@@H](O)[C@H](O)[C@H]1O. The lowest BCUT2D eigenvalue weighted by molar-refractivity contribution is -0.286. The molecule has 0 aromatic carbocycles. The smallest absolute Gasteiger partial charge is 0.327 e. The van der Waals surface area contributed by atoms with Crippen LogP contribution in [0.1, 0.15) is 193 Å². The molecule has 8 aliphatic rings. The van der Waals surface area contributed by atoms with E-state index >= 15 is 0 Å². The van der Waals surface area contributed by atoms with Crippen molar-refractivity contribution in [1.29, 1.82) is 0 Å². The van der Waals surface area contributed by atoms with E-state index in [0.717, 1.165) is 156 Å². The fourth-order valence-corrected chi connectivity index (χ4v) is 30.0. The van der Waals surface area contributed by atoms with Crippen LogP contribution in [0.5, 0.6) is 0 Å². The summed E-state index contributed by atoms with van der Waals surface area (Å²) in [6, 6.07) is 0. The van der Waals surface area contributed by atoms with Gasteiger partial charge in [0.1, 0.15) is 18.3 Å². The van der Waals surface area contributed by atoms with Crippen LogP contribution < -0.4 is 32.3 Å². The molecule has 15 N–H and O–H groups in total. The van der Waals surface area contributed by atoms with Crippen LogP contribution in [0, 0.1) is 0 Å². The number of unbranched alkanes of at least 4 members (excludes halogenated alkanes) is 6. The monoisotopic (exact) mass is 1760 g/mol. The summed E-state index contributed by atoms with van der Waals surface area (Å²) < 4.78 is 15.5. The number of nitrogens with one attached hydrogen (secondary N) is 5. The van der Waals surface area contributed by atoms with Crippen LogP contribution in [0.15, 0.2) is 0 Å². The van der Waals surface area contributed by atoms with Gasteiger partial charge >= 0.3 is 7.60 Å². The molecule has 107 heavy (non-hydrogen) atoms. The maximum absolute atomic E-state index is 11.8. The number of nitrogens with two attached hydrogens (primary N) is 1. The van der Waals surface area contributed by atoms with Crippen molar-refractivity contribution in [3.05, 3.63) is 0 Å². The minimum Gasteiger partial charge on any atom is -0.394 e. The first-order valence-electron chi connectivity index (χ1n) is 38.5. The molecule has 25 nitrogen and oxygen atoms in total. The van der Waals surface area contributed by atoms with Gasteiger partial charge in [-0.15, -0.1) is 0 Å². The van der Waals surface area contributed by atoms with Crippen LogP contribution in [0.3, 0.4) is 0 Å². The van der Waals surface area contributed by atoms with Crippen LogP contribution in [0.25, 0.3) is 0 Å². The molecular weight excluding hydrogens is 1630 g/mol. The molecule has 1 unspecified atom stereocenters. The zero-order valence-corrected chi connectivity index (χ0v) is 74.2. The highest BCUT2D eigenvalue weighted by Gasteiger charge is 2.43. The predicted octanol–water partition coefficient (Wildman–Crippen LogP) is 9.37. The molecule has 8 rings (SSSR count). The molecule has 38 heteroatoms. The lowest BCUT2D eigenvalue weighted by atomic mass is 10.0. The normalized spacial score (nSPS) is 25.3. The van der Waals surface area contributed by atoms with Crippen molar-refractivity contribution < 1.29 is 78.5 Å². The maximum Gasteiger partial charge on any atom is 0.327 e. The van der Waals surface area contributed by atoms with Crippen LogP contribution >= 0.6 is 137 Å². The zero-order chi connectivity index (χ0) is 78.3. The van der Waals surface area contributed by atoms with Gasteiger partial charge in [0.05, 0.1) is 18.9 Å². The standard InChI is InChI=1S/C15H29N3OS2.C13H23NO6S2.C12H24N2OS2.C11H21NO3S2.C10H20NO4PS2.C8H15NOS2/c1-17-9-11-18(12-10-17)8-7-16-15(19)5-3-2-4-14-6-13-20-21-14;15-8(4-2-1-3-7-5-6-21-22-7)14-12-10(17)9(16)11(18)13(19)20-12;1-14(2)9-8-13-12(15)6-4-3-5-11-7-10-16-17-11;13-8-9(14)7-12-11(15)4-2-1-3-10-5-6-16-17-10;12-10(11-6-7-16(13,14)15)4-2-1-3-9-5-8-17-18-9;9-8(10)4-2-1-3-7-5-6-11-12-7/h14H,2-13H2,1H3,(H,16,19);7,9-13,16-19H,1-6H2,(H,14,15);11H,3-10H2,1-2H3,(H,13,15);9-10,13-14H,1-8H2,(H,12,15);9H,1-8H2,(H,11,12)(H2,13,14,15);7H,1-6H2,(H2,9,10)/t14-;7-,9-,10-,11+,12-,13+;11-;9?,10-;9-;7-/m111111/s1. The summed E-state index contributed by atoms with van der Waals surface area (Å²) in [5.74, 6) is 7.42. The highest BCUT2D eigenvalue weighted by molar-refractivity contribution is 8.78. The van der Waals surface area contributed by atoms with Crippen LogP contribution in [0.4, 0.5) is 0 Å². The number of carbonyl (C=O) groups is 6. The number of aliphatic hydroxyl groups excluding tert-OH is 6. The van der Waals surface area contributed by atoms with E-state index in [1.807, 2.05) is 144 Å². The highest BCUT2D eigenvalue weighted by Crippen LogP contribution is 2.44. The Kier molecular flexibility index (Phi) is 61.7. The summed E-state index contributed by atoms with van der Waals surface area (Å²) in [5.41, 5.74) is 5.04. The molecule has 0 saturated carbocycles. The van der Waals surface area contributed by atoms with E-state index in [9.17, 15) is 53.8 Å². The van der Waals surface area contributed by atoms with Crippen molar-refractivity contribution in [3.63, 3.8) is 0 Å². The number of primary amides is 1. The summed E-state index contributed by atoms with van der Waals surface area (Å²) in [6.07, 6.45) is 21.9. The molecule has 8 heterocycles. The van der Waals surface area contributed by atoms with Crippen LogP contribution in [-0.2, 0) is 38.1 Å². The number of likely N-dealkylation sites (N-methyl/N-ethyl adjacent to an activating group) is 2. The van der Waals surface area contributed by atoms with Gasteiger partial charge in [-0.05, 0) is 137 Å². The molecule has 8 aliphatic heterocycles. The Balaban J connectivity index is 0.000000336. The summed E-state index contributed by atoms with van der Waals surface area (Å²) in [5, 5.41) is 73.9. The van der Waals surface area contributed by atoms with E-state index in [2.05, 4.69) is 48.3 Å². The number of aliphatic hydroxyl groups is 6. The van der Waals surface area contributed by atoms with E-state index in [1.165, 1.54) is 112 Å². The second kappa shape index (κ2) is 64.8. The van der Waals surface area contributed by atoms with E-state index in [4.69, 9.17) is 30.5 Å². The van der Waals surface area contributed by atoms with E-state index in [1.54, 1.807) is 0 Å². The van der Waals surface area contributed by atoms with Gasteiger partial charge in [-0.2, -0.15) is 0 Å². The molecule has 626 valence electrons. The van der Waals surface area contributed by atoms with Crippen molar-refractivity contribution in [3.8, 4) is 0 Å². The molecule has 12 atom stereocenters.